The van der Waals surface area contributed by atoms with E-state index in [4.69, 9.17) is 0 Å². The smallest absolute Gasteiger partial charge is 0.321 e. The van der Waals surface area contributed by atoms with Crippen molar-refractivity contribution in [3.63, 3.8) is 0 Å². The predicted molar refractivity (Wildman–Crippen MR) is 72.4 cm³/mol. The standard InChI is InChI=1S/C14H18FN3O2/c1-16-14(20)17-13(19)9-18(11-6-7-11)8-10-4-2-3-5-12(10)15/h2-5,11H,6-9H2,1H3,(H2,16,17,19,20). The molecule has 2 rings (SSSR count). The second-order valence-electron chi connectivity index (χ2n) is 4.85. The van der Waals surface area contributed by atoms with Crippen LogP contribution in [0.15, 0.2) is 24.3 Å². The Labute approximate surface area is 117 Å². The van der Waals surface area contributed by atoms with Gasteiger partial charge in [-0.05, 0) is 18.9 Å². The van der Waals surface area contributed by atoms with Crippen molar-refractivity contribution in [2.75, 3.05) is 13.6 Å². The van der Waals surface area contributed by atoms with Gasteiger partial charge in [0.15, 0.2) is 0 Å². The maximum Gasteiger partial charge on any atom is 0.321 e. The average Bonchev–Trinajstić information content (AvgIpc) is 3.24. The second-order valence-corrected chi connectivity index (χ2v) is 4.85. The Morgan fingerprint density at radius 2 is 2.05 bits per heavy atom. The molecular weight excluding hydrogens is 261 g/mol. The van der Waals surface area contributed by atoms with Gasteiger partial charge in [0.05, 0.1) is 6.54 Å². The number of imide groups is 1. The van der Waals surface area contributed by atoms with Gasteiger partial charge in [0.2, 0.25) is 5.91 Å². The quantitative estimate of drug-likeness (QED) is 0.852. The van der Waals surface area contributed by atoms with Crippen LogP contribution >= 0.6 is 0 Å². The van der Waals surface area contributed by atoms with Crippen molar-refractivity contribution in [2.24, 2.45) is 0 Å². The van der Waals surface area contributed by atoms with Crippen LogP contribution in [0.4, 0.5) is 9.18 Å². The molecule has 2 N–H and O–H groups in total. The third-order valence-electron chi connectivity index (χ3n) is 3.22. The lowest BCUT2D eigenvalue weighted by atomic mass is 10.2. The number of carbonyl (C=O) groups excluding carboxylic acids is 2. The van der Waals surface area contributed by atoms with E-state index in [-0.39, 0.29) is 18.3 Å². The number of rotatable bonds is 5. The van der Waals surface area contributed by atoms with Gasteiger partial charge in [0, 0.05) is 25.2 Å². The van der Waals surface area contributed by atoms with Gasteiger partial charge in [0.25, 0.3) is 0 Å². The molecule has 1 aromatic carbocycles. The zero-order valence-electron chi connectivity index (χ0n) is 11.4. The summed E-state index contributed by atoms with van der Waals surface area (Å²) in [6, 6.07) is 6.29. The highest BCUT2D eigenvalue weighted by Crippen LogP contribution is 2.28. The van der Waals surface area contributed by atoms with E-state index in [1.807, 2.05) is 4.90 Å². The first-order valence-electron chi connectivity index (χ1n) is 6.59. The van der Waals surface area contributed by atoms with Gasteiger partial charge in [-0.25, -0.2) is 9.18 Å². The first kappa shape index (κ1) is 14.5. The summed E-state index contributed by atoms with van der Waals surface area (Å²) in [4.78, 5) is 24.7. The Bertz CT molecular complexity index is 503. The molecule has 0 heterocycles. The minimum Gasteiger partial charge on any atom is -0.341 e. The molecule has 0 atom stereocenters. The highest BCUT2D eigenvalue weighted by Gasteiger charge is 2.30. The number of carbonyl (C=O) groups is 2. The van der Waals surface area contributed by atoms with E-state index in [2.05, 4.69) is 10.6 Å². The van der Waals surface area contributed by atoms with Crippen LogP contribution in [0.2, 0.25) is 0 Å². The molecule has 0 bridgehead atoms. The number of hydrogen-bond acceptors (Lipinski definition) is 3. The van der Waals surface area contributed by atoms with E-state index < -0.39 is 6.03 Å². The Balaban J connectivity index is 1.96. The van der Waals surface area contributed by atoms with Crippen molar-refractivity contribution in [1.82, 2.24) is 15.5 Å². The molecule has 1 aliphatic rings. The number of halogens is 1. The van der Waals surface area contributed by atoms with Crippen molar-refractivity contribution in [3.8, 4) is 0 Å². The third kappa shape index (κ3) is 4.03. The third-order valence-corrected chi connectivity index (χ3v) is 3.22. The molecule has 1 saturated carbocycles. The Kier molecular flexibility index (Phi) is 4.68. The van der Waals surface area contributed by atoms with Gasteiger partial charge in [-0.1, -0.05) is 18.2 Å². The first-order chi connectivity index (χ1) is 9.60. The van der Waals surface area contributed by atoms with Gasteiger partial charge in [0.1, 0.15) is 5.82 Å². The van der Waals surface area contributed by atoms with Gasteiger partial charge in [-0.2, -0.15) is 0 Å². The highest BCUT2D eigenvalue weighted by molar-refractivity contribution is 5.95. The van der Waals surface area contributed by atoms with Crippen LogP contribution < -0.4 is 10.6 Å². The lowest BCUT2D eigenvalue weighted by molar-refractivity contribution is -0.121. The van der Waals surface area contributed by atoms with Crippen LogP contribution in [0.25, 0.3) is 0 Å². The fourth-order valence-corrected chi connectivity index (χ4v) is 2.01. The van der Waals surface area contributed by atoms with Crippen LogP contribution in [0, 0.1) is 5.82 Å². The molecule has 0 aromatic heterocycles. The Morgan fingerprint density at radius 1 is 1.35 bits per heavy atom. The van der Waals surface area contributed by atoms with Crippen LogP contribution in [0.3, 0.4) is 0 Å². The first-order valence-corrected chi connectivity index (χ1v) is 6.59. The molecule has 0 unspecified atom stereocenters. The molecule has 1 aliphatic carbocycles. The SMILES string of the molecule is CNC(=O)NC(=O)CN(Cc1ccccc1F)C1CC1. The molecule has 6 heteroatoms. The fourth-order valence-electron chi connectivity index (χ4n) is 2.01. The lowest BCUT2D eigenvalue weighted by Crippen LogP contribution is -2.44. The molecular formula is C14H18FN3O2. The van der Waals surface area contributed by atoms with Crippen molar-refractivity contribution >= 4 is 11.9 Å². The van der Waals surface area contributed by atoms with E-state index in [1.54, 1.807) is 18.2 Å². The normalized spacial score (nSPS) is 14.2. The number of urea groups is 1. The number of amides is 3. The van der Waals surface area contributed by atoms with E-state index in [1.165, 1.54) is 13.1 Å². The largest absolute Gasteiger partial charge is 0.341 e. The van der Waals surface area contributed by atoms with Gasteiger partial charge in [-0.3, -0.25) is 15.0 Å². The van der Waals surface area contributed by atoms with Crippen LogP contribution in [0.5, 0.6) is 0 Å². The van der Waals surface area contributed by atoms with Crippen molar-refractivity contribution in [2.45, 2.75) is 25.4 Å². The van der Waals surface area contributed by atoms with Gasteiger partial charge >= 0.3 is 6.03 Å². The molecule has 3 amide bonds. The maximum atomic E-state index is 13.6. The molecule has 1 fully saturated rings. The number of nitrogens with zero attached hydrogens (tertiary/aromatic N) is 1. The number of benzene rings is 1. The summed E-state index contributed by atoms with van der Waals surface area (Å²) >= 11 is 0. The summed E-state index contributed by atoms with van der Waals surface area (Å²) in [5, 5.41) is 4.54. The summed E-state index contributed by atoms with van der Waals surface area (Å²) in [6.45, 7) is 0.463. The van der Waals surface area contributed by atoms with E-state index in [9.17, 15) is 14.0 Å². The molecule has 0 radical (unpaired) electrons. The van der Waals surface area contributed by atoms with E-state index >= 15 is 0 Å². The summed E-state index contributed by atoms with van der Waals surface area (Å²) in [7, 11) is 1.45. The summed E-state index contributed by atoms with van der Waals surface area (Å²) in [6.07, 6.45) is 2.00. The maximum absolute atomic E-state index is 13.6. The molecule has 20 heavy (non-hydrogen) atoms. The minimum atomic E-state index is -0.531. The Morgan fingerprint density at radius 3 is 2.65 bits per heavy atom. The van der Waals surface area contributed by atoms with Crippen LogP contribution in [-0.4, -0.2) is 36.5 Å². The van der Waals surface area contributed by atoms with Crippen molar-refractivity contribution in [1.29, 1.82) is 0 Å². The molecule has 1 aromatic rings. The monoisotopic (exact) mass is 279 g/mol. The van der Waals surface area contributed by atoms with E-state index in [0.29, 0.717) is 18.2 Å². The minimum absolute atomic E-state index is 0.0897. The predicted octanol–water partition coefficient (Wildman–Crippen LogP) is 1.25. The van der Waals surface area contributed by atoms with Crippen molar-refractivity contribution in [3.05, 3.63) is 35.6 Å². The van der Waals surface area contributed by atoms with Crippen molar-refractivity contribution < 1.29 is 14.0 Å². The summed E-state index contributed by atoms with van der Waals surface area (Å²) in [5.41, 5.74) is 0.562. The highest BCUT2D eigenvalue weighted by atomic mass is 19.1. The van der Waals surface area contributed by atoms with E-state index in [0.717, 1.165) is 12.8 Å². The zero-order valence-corrected chi connectivity index (χ0v) is 11.4. The molecule has 0 aliphatic heterocycles. The van der Waals surface area contributed by atoms with Gasteiger partial charge < -0.3 is 5.32 Å². The molecule has 5 nitrogen and oxygen atoms in total. The van der Waals surface area contributed by atoms with Gasteiger partial charge in [-0.15, -0.1) is 0 Å². The van der Waals surface area contributed by atoms with Crippen LogP contribution in [0.1, 0.15) is 18.4 Å². The Hall–Kier alpha value is -1.95. The zero-order chi connectivity index (χ0) is 14.5. The lowest BCUT2D eigenvalue weighted by Gasteiger charge is -2.21. The van der Waals surface area contributed by atoms with Crippen LogP contribution in [-0.2, 0) is 11.3 Å². The molecule has 0 spiro atoms. The molecule has 108 valence electrons. The molecule has 0 saturated heterocycles. The summed E-state index contributed by atoms with van der Waals surface area (Å²) in [5.74, 6) is -0.655. The average molecular weight is 279 g/mol. The summed E-state index contributed by atoms with van der Waals surface area (Å²) < 4.78 is 13.6. The fraction of sp³-hybridized carbons (Fsp3) is 0.429. The second kappa shape index (κ2) is 6.47. The topological polar surface area (TPSA) is 61.4 Å². The number of hydrogen-bond donors (Lipinski definition) is 2. The number of nitrogens with one attached hydrogen (secondary N) is 2.